The number of rotatable bonds is 3. The summed E-state index contributed by atoms with van der Waals surface area (Å²) in [5.74, 6) is -0.163. The SMILES string of the molecule is CCCC(=O)Nc1c(C)cnc2c1c(=O)n(C)c(=O)n2C. The molecule has 7 nitrogen and oxygen atoms in total. The molecule has 0 saturated heterocycles. The van der Waals surface area contributed by atoms with E-state index in [1.54, 1.807) is 20.2 Å². The monoisotopic (exact) mass is 290 g/mol. The Morgan fingerprint density at radius 2 is 1.95 bits per heavy atom. The Bertz CT molecular complexity index is 833. The molecule has 0 aliphatic carbocycles. The van der Waals surface area contributed by atoms with Gasteiger partial charge in [0.15, 0.2) is 5.65 Å². The Morgan fingerprint density at radius 3 is 2.57 bits per heavy atom. The van der Waals surface area contributed by atoms with Crippen molar-refractivity contribution in [3.05, 3.63) is 32.6 Å². The number of carbonyl (C=O) groups is 1. The van der Waals surface area contributed by atoms with Gasteiger partial charge in [0.05, 0.1) is 5.69 Å². The number of hydrogen-bond donors (Lipinski definition) is 1. The van der Waals surface area contributed by atoms with E-state index in [0.717, 1.165) is 4.57 Å². The molecule has 1 amide bonds. The second-order valence-electron chi connectivity index (χ2n) is 5.02. The van der Waals surface area contributed by atoms with Gasteiger partial charge in [-0.05, 0) is 18.9 Å². The minimum Gasteiger partial charge on any atom is -0.325 e. The third-order valence-corrected chi connectivity index (χ3v) is 3.40. The van der Waals surface area contributed by atoms with E-state index in [9.17, 15) is 14.4 Å². The quantitative estimate of drug-likeness (QED) is 0.900. The standard InChI is InChI=1S/C14H18N4O3/c1-5-6-9(19)16-11-8(2)7-15-12-10(11)13(20)18(4)14(21)17(12)3/h7H,5-6H2,1-4H3,(H,15,16,19). The first-order valence-electron chi connectivity index (χ1n) is 6.73. The molecule has 0 aliphatic heterocycles. The topological polar surface area (TPSA) is 86.0 Å². The van der Waals surface area contributed by atoms with Crippen LogP contribution in [0.5, 0.6) is 0 Å². The number of anilines is 1. The number of amides is 1. The maximum atomic E-state index is 12.4. The summed E-state index contributed by atoms with van der Waals surface area (Å²) in [6.07, 6.45) is 2.63. The molecule has 0 bridgehead atoms. The number of fused-ring (bicyclic) bond motifs is 1. The van der Waals surface area contributed by atoms with Crippen LogP contribution in [-0.4, -0.2) is 20.0 Å². The van der Waals surface area contributed by atoms with Gasteiger partial charge < -0.3 is 5.32 Å². The van der Waals surface area contributed by atoms with Crippen molar-refractivity contribution < 1.29 is 4.79 Å². The predicted octanol–water partition coefficient (Wildman–Crippen LogP) is 0.679. The van der Waals surface area contributed by atoms with E-state index in [4.69, 9.17) is 0 Å². The minimum atomic E-state index is -0.462. The highest BCUT2D eigenvalue weighted by Gasteiger charge is 2.16. The Kier molecular flexibility index (Phi) is 3.93. The molecule has 0 spiro atoms. The lowest BCUT2D eigenvalue weighted by Gasteiger charge is -2.13. The van der Waals surface area contributed by atoms with Gasteiger partial charge in [-0.2, -0.15) is 0 Å². The van der Waals surface area contributed by atoms with Gasteiger partial charge in [-0.3, -0.25) is 18.7 Å². The van der Waals surface area contributed by atoms with E-state index in [-0.39, 0.29) is 16.9 Å². The Labute approximate surface area is 121 Å². The Morgan fingerprint density at radius 1 is 1.29 bits per heavy atom. The van der Waals surface area contributed by atoms with Crippen molar-refractivity contribution in [1.29, 1.82) is 0 Å². The summed E-state index contributed by atoms with van der Waals surface area (Å²) in [6, 6.07) is 0. The molecule has 0 aliphatic rings. The molecule has 0 fully saturated rings. The molecule has 0 unspecified atom stereocenters. The van der Waals surface area contributed by atoms with Crippen LogP contribution in [0.3, 0.4) is 0 Å². The van der Waals surface area contributed by atoms with Crippen LogP contribution in [0.2, 0.25) is 0 Å². The van der Waals surface area contributed by atoms with E-state index >= 15 is 0 Å². The molecule has 2 aromatic rings. The average molecular weight is 290 g/mol. The molecular formula is C14H18N4O3. The molecule has 2 rings (SSSR count). The van der Waals surface area contributed by atoms with Crippen molar-refractivity contribution in [3.8, 4) is 0 Å². The zero-order valence-electron chi connectivity index (χ0n) is 12.6. The number of nitrogens with one attached hydrogen (secondary N) is 1. The van der Waals surface area contributed by atoms with Gasteiger partial charge in [0.1, 0.15) is 5.39 Å². The largest absolute Gasteiger partial charge is 0.332 e. The normalized spacial score (nSPS) is 10.9. The van der Waals surface area contributed by atoms with Crippen molar-refractivity contribution in [2.45, 2.75) is 26.7 Å². The number of hydrogen-bond acceptors (Lipinski definition) is 4. The van der Waals surface area contributed by atoms with Gasteiger partial charge in [-0.1, -0.05) is 6.92 Å². The van der Waals surface area contributed by atoms with Crippen LogP contribution in [0.25, 0.3) is 11.0 Å². The highest BCUT2D eigenvalue weighted by Crippen LogP contribution is 2.21. The fraction of sp³-hybridized carbons (Fsp3) is 0.429. The lowest BCUT2D eigenvalue weighted by atomic mass is 10.1. The van der Waals surface area contributed by atoms with E-state index in [2.05, 4.69) is 10.3 Å². The highest BCUT2D eigenvalue weighted by atomic mass is 16.2. The molecule has 1 N–H and O–H groups in total. The summed E-state index contributed by atoms with van der Waals surface area (Å²) in [5, 5.41) is 3.01. The minimum absolute atomic E-state index is 0.163. The fourth-order valence-electron chi connectivity index (χ4n) is 2.21. The number of aromatic nitrogens is 3. The van der Waals surface area contributed by atoms with Crippen LogP contribution in [0.4, 0.5) is 5.69 Å². The van der Waals surface area contributed by atoms with Crippen LogP contribution in [0.15, 0.2) is 15.8 Å². The fourth-order valence-corrected chi connectivity index (χ4v) is 2.21. The lowest BCUT2D eigenvalue weighted by Crippen LogP contribution is -2.37. The molecule has 0 saturated carbocycles. The number of nitrogens with zero attached hydrogens (tertiary/aromatic N) is 3. The molecule has 7 heteroatoms. The number of pyridine rings is 1. The summed E-state index contributed by atoms with van der Waals surface area (Å²) >= 11 is 0. The van der Waals surface area contributed by atoms with Crippen molar-refractivity contribution in [1.82, 2.24) is 14.1 Å². The maximum Gasteiger partial charge on any atom is 0.332 e. The predicted molar refractivity (Wildman–Crippen MR) is 80.5 cm³/mol. The number of aryl methyl sites for hydroxylation is 2. The van der Waals surface area contributed by atoms with Gasteiger partial charge in [0.25, 0.3) is 5.56 Å². The van der Waals surface area contributed by atoms with Crippen LogP contribution < -0.4 is 16.6 Å². The molecular weight excluding hydrogens is 272 g/mol. The van der Waals surface area contributed by atoms with Gasteiger partial charge >= 0.3 is 5.69 Å². The smallest absolute Gasteiger partial charge is 0.325 e. The average Bonchev–Trinajstić information content (AvgIpc) is 2.45. The zero-order valence-corrected chi connectivity index (χ0v) is 12.6. The third-order valence-electron chi connectivity index (χ3n) is 3.40. The second kappa shape index (κ2) is 5.51. The van der Waals surface area contributed by atoms with Crippen LogP contribution in [0.1, 0.15) is 25.3 Å². The number of carbonyl (C=O) groups excluding carboxylic acids is 1. The van der Waals surface area contributed by atoms with Crippen LogP contribution in [-0.2, 0) is 18.9 Å². The van der Waals surface area contributed by atoms with Crippen molar-refractivity contribution in [2.24, 2.45) is 14.1 Å². The van der Waals surface area contributed by atoms with E-state index in [0.29, 0.717) is 24.1 Å². The summed E-state index contributed by atoms with van der Waals surface area (Å²) < 4.78 is 2.31. The molecule has 21 heavy (non-hydrogen) atoms. The summed E-state index contributed by atoms with van der Waals surface area (Å²) in [4.78, 5) is 40.3. The lowest BCUT2D eigenvalue weighted by molar-refractivity contribution is -0.116. The first kappa shape index (κ1) is 15.0. The van der Waals surface area contributed by atoms with E-state index in [1.165, 1.54) is 11.6 Å². The zero-order chi connectivity index (χ0) is 15.7. The molecule has 112 valence electrons. The molecule has 2 aromatic heterocycles. The van der Waals surface area contributed by atoms with Crippen molar-refractivity contribution >= 4 is 22.6 Å². The van der Waals surface area contributed by atoms with E-state index < -0.39 is 11.2 Å². The first-order chi connectivity index (χ1) is 9.88. The Hall–Kier alpha value is -2.44. The van der Waals surface area contributed by atoms with Crippen molar-refractivity contribution in [2.75, 3.05) is 5.32 Å². The maximum absolute atomic E-state index is 12.4. The summed E-state index contributed by atoms with van der Waals surface area (Å²) in [5.41, 5.74) is 0.462. The summed E-state index contributed by atoms with van der Waals surface area (Å²) in [7, 11) is 2.95. The molecule has 0 atom stereocenters. The van der Waals surface area contributed by atoms with Crippen molar-refractivity contribution in [3.63, 3.8) is 0 Å². The third kappa shape index (κ3) is 2.46. The highest BCUT2D eigenvalue weighted by molar-refractivity contribution is 6.00. The van der Waals surface area contributed by atoms with Crippen LogP contribution >= 0.6 is 0 Å². The summed E-state index contributed by atoms with van der Waals surface area (Å²) in [6.45, 7) is 3.67. The van der Waals surface area contributed by atoms with Gasteiger partial charge in [0, 0.05) is 26.7 Å². The van der Waals surface area contributed by atoms with Gasteiger partial charge in [-0.25, -0.2) is 9.78 Å². The molecule has 2 heterocycles. The second-order valence-corrected chi connectivity index (χ2v) is 5.02. The molecule has 0 aromatic carbocycles. The Balaban J connectivity index is 2.82. The molecule has 0 radical (unpaired) electrons. The van der Waals surface area contributed by atoms with Gasteiger partial charge in [0.2, 0.25) is 5.91 Å². The van der Waals surface area contributed by atoms with Crippen LogP contribution in [0, 0.1) is 6.92 Å². The van der Waals surface area contributed by atoms with E-state index in [1.807, 2.05) is 6.92 Å². The van der Waals surface area contributed by atoms with Gasteiger partial charge in [-0.15, -0.1) is 0 Å². The first-order valence-corrected chi connectivity index (χ1v) is 6.73.